The van der Waals surface area contributed by atoms with E-state index >= 15 is 0 Å². The van der Waals surface area contributed by atoms with Crippen molar-refractivity contribution < 1.29 is 0 Å². The Morgan fingerprint density at radius 3 is 2.29 bits per heavy atom. The van der Waals surface area contributed by atoms with Crippen molar-refractivity contribution in [1.29, 1.82) is 0 Å². The van der Waals surface area contributed by atoms with Gasteiger partial charge >= 0.3 is 0 Å². The van der Waals surface area contributed by atoms with Gasteiger partial charge in [-0.05, 0) is 77.2 Å². The third-order valence-electron chi connectivity index (χ3n) is 6.03. The molecule has 2 unspecified atom stereocenters. The molecule has 2 aliphatic heterocycles. The zero-order chi connectivity index (χ0) is 14.5. The predicted molar refractivity (Wildman–Crippen MR) is 89.7 cm³/mol. The van der Waals surface area contributed by atoms with E-state index in [9.17, 15) is 0 Å². The van der Waals surface area contributed by atoms with Gasteiger partial charge in [0.2, 0.25) is 0 Å². The molecule has 1 saturated carbocycles. The van der Waals surface area contributed by atoms with Crippen LogP contribution in [0.2, 0.25) is 0 Å². The lowest BCUT2D eigenvalue weighted by Crippen LogP contribution is -2.54. The molecule has 0 aromatic heterocycles. The van der Waals surface area contributed by atoms with Crippen LogP contribution in [0.4, 0.5) is 0 Å². The van der Waals surface area contributed by atoms with Crippen LogP contribution in [0.5, 0.6) is 0 Å². The summed E-state index contributed by atoms with van der Waals surface area (Å²) in [5.74, 6) is 0.973. The first-order valence-electron chi connectivity index (χ1n) is 9.56. The van der Waals surface area contributed by atoms with E-state index in [1.165, 1.54) is 84.1 Å². The lowest BCUT2D eigenvalue weighted by molar-refractivity contribution is 0.0749. The molecule has 0 bridgehead atoms. The van der Waals surface area contributed by atoms with Crippen LogP contribution < -0.4 is 5.32 Å². The first kappa shape index (κ1) is 15.8. The maximum atomic E-state index is 3.75. The molecular formula is C18H35N3. The summed E-state index contributed by atoms with van der Waals surface area (Å²) in [6, 6.07) is 1.59. The Balaban J connectivity index is 1.45. The minimum absolute atomic E-state index is 0.763. The quantitative estimate of drug-likeness (QED) is 0.841. The second-order valence-corrected chi connectivity index (χ2v) is 7.50. The average Bonchev–Trinajstić information content (AvgIpc) is 3.02. The zero-order valence-corrected chi connectivity index (χ0v) is 14.0. The first-order chi connectivity index (χ1) is 10.4. The van der Waals surface area contributed by atoms with Crippen LogP contribution in [-0.2, 0) is 0 Å². The summed E-state index contributed by atoms with van der Waals surface area (Å²) in [7, 11) is 0. The third-order valence-corrected chi connectivity index (χ3v) is 6.03. The Labute approximate surface area is 131 Å². The SMILES string of the molecule is CCNC1CCCCC1N1CCC(CN2CCCC2)CC1. The molecule has 3 heteroatoms. The Morgan fingerprint density at radius 2 is 1.57 bits per heavy atom. The van der Waals surface area contributed by atoms with Crippen molar-refractivity contribution in [2.24, 2.45) is 5.92 Å². The Hall–Kier alpha value is -0.120. The lowest BCUT2D eigenvalue weighted by Gasteiger charge is -2.44. The molecule has 122 valence electrons. The van der Waals surface area contributed by atoms with Crippen LogP contribution >= 0.6 is 0 Å². The van der Waals surface area contributed by atoms with E-state index in [2.05, 4.69) is 22.0 Å². The summed E-state index contributed by atoms with van der Waals surface area (Å²) in [6.45, 7) is 10.2. The summed E-state index contributed by atoms with van der Waals surface area (Å²) >= 11 is 0. The van der Waals surface area contributed by atoms with E-state index in [0.29, 0.717) is 0 Å². The molecular weight excluding hydrogens is 258 g/mol. The highest BCUT2D eigenvalue weighted by Crippen LogP contribution is 2.28. The molecule has 3 aliphatic rings. The number of hydrogen-bond acceptors (Lipinski definition) is 3. The van der Waals surface area contributed by atoms with Crippen molar-refractivity contribution in [3.8, 4) is 0 Å². The number of nitrogens with zero attached hydrogens (tertiary/aromatic N) is 2. The van der Waals surface area contributed by atoms with Crippen molar-refractivity contribution >= 4 is 0 Å². The topological polar surface area (TPSA) is 18.5 Å². The number of likely N-dealkylation sites (tertiary alicyclic amines) is 2. The second kappa shape index (κ2) is 7.94. The number of likely N-dealkylation sites (N-methyl/N-ethyl adjacent to an activating group) is 1. The highest BCUT2D eigenvalue weighted by Gasteiger charge is 2.32. The molecule has 0 aromatic rings. The Kier molecular flexibility index (Phi) is 5.96. The van der Waals surface area contributed by atoms with Crippen molar-refractivity contribution in [2.45, 2.75) is 70.4 Å². The zero-order valence-electron chi connectivity index (χ0n) is 14.0. The van der Waals surface area contributed by atoms with Gasteiger partial charge in [0.15, 0.2) is 0 Å². The molecule has 3 fully saturated rings. The second-order valence-electron chi connectivity index (χ2n) is 7.50. The van der Waals surface area contributed by atoms with E-state index < -0.39 is 0 Å². The van der Waals surface area contributed by atoms with Gasteiger partial charge in [-0.3, -0.25) is 4.90 Å². The monoisotopic (exact) mass is 293 g/mol. The molecule has 2 saturated heterocycles. The highest BCUT2D eigenvalue weighted by molar-refractivity contribution is 4.90. The Bertz CT molecular complexity index is 291. The largest absolute Gasteiger partial charge is 0.313 e. The van der Waals surface area contributed by atoms with Crippen LogP contribution in [0.15, 0.2) is 0 Å². The molecule has 1 aliphatic carbocycles. The lowest BCUT2D eigenvalue weighted by atomic mass is 9.86. The standard InChI is InChI=1S/C18H35N3/c1-2-19-17-7-3-4-8-18(17)21-13-9-16(10-14-21)15-20-11-5-6-12-20/h16-19H,2-15H2,1H3. The van der Waals surface area contributed by atoms with Gasteiger partial charge in [-0.15, -0.1) is 0 Å². The van der Waals surface area contributed by atoms with Crippen molar-refractivity contribution in [3.63, 3.8) is 0 Å². The van der Waals surface area contributed by atoms with Gasteiger partial charge in [0.1, 0.15) is 0 Å². The van der Waals surface area contributed by atoms with Gasteiger partial charge in [-0.1, -0.05) is 19.8 Å². The molecule has 0 aromatic carbocycles. The smallest absolute Gasteiger partial charge is 0.0249 e. The van der Waals surface area contributed by atoms with Gasteiger partial charge in [0.05, 0.1) is 0 Å². The molecule has 2 heterocycles. The van der Waals surface area contributed by atoms with Crippen LogP contribution in [0, 0.1) is 5.92 Å². The minimum Gasteiger partial charge on any atom is -0.313 e. The fraction of sp³-hybridized carbons (Fsp3) is 1.00. The van der Waals surface area contributed by atoms with E-state index in [0.717, 1.165) is 24.5 Å². The molecule has 21 heavy (non-hydrogen) atoms. The van der Waals surface area contributed by atoms with E-state index in [1.807, 2.05) is 0 Å². The molecule has 3 rings (SSSR count). The summed E-state index contributed by atoms with van der Waals surface area (Å²) in [5, 5.41) is 3.75. The van der Waals surface area contributed by atoms with E-state index in [4.69, 9.17) is 0 Å². The number of rotatable bonds is 5. The highest BCUT2D eigenvalue weighted by atomic mass is 15.2. The van der Waals surface area contributed by atoms with Crippen LogP contribution in [0.1, 0.15) is 58.3 Å². The molecule has 2 atom stereocenters. The first-order valence-corrected chi connectivity index (χ1v) is 9.56. The minimum atomic E-state index is 0.763. The maximum Gasteiger partial charge on any atom is 0.0249 e. The third kappa shape index (κ3) is 4.20. The summed E-state index contributed by atoms with van der Waals surface area (Å²) in [5.41, 5.74) is 0. The Morgan fingerprint density at radius 1 is 0.857 bits per heavy atom. The molecule has 0 amide bonds. The van der Waals surface area contributed by atoms with Gasteiger partial charge < -0.3 is 10.2 Å². The summed E-state index contributed by atoms with van der Waals surface area (Å²) < 4.78 is 0. The fourth-order valence-corrected chi connectivity index (χ4v) is 4.85. The van der Waals surface area contributed by atoms with Crippen LogP contribution in [0.25, 0.3) is 0 Å². The van der Waals surface area contributed by atoms with Gasteiger partial charge in [-0.25, -0.2) is 0 Å². The predicted octanol–water partition coefficient (Wildman–Crippen LogP) is 2.71. The van der Waals surface area contributed by atoms with Crippen molar-refractivity contribution in [3.05, 3.63) is 0 Å². The van der Waals surface area contributed by atoms with Crippen LogP contribution in [0.3, 0.4) is 0 Å². The average molecular weight is 293 g/mol. The van der Waals surface area contributed by atoms with E-state index in [-0.39, 0.29) is 0 Å². The number of piperidine rings is 1. The molecule has 0 radical (unpaired) electrons. The van der Waals surface area contributed by atoms with Gasteiger partial charge in [0.25, 0.3) is 0 Å². The number of nitrogens with one attached hydrogen (secondary N) is 1. The maximum absolute atomic E-state index is 3.75. The van der Waals surface area contributed by atoms with Crippen LogP contribution in [-0.4, -0.2) is 61.2 Å². The normalized spacial score (nSPS) is 33.6. The number of hydrogen-bond donors (Lipinski definition) is 1. The fourth-order valence-electron chi connectivity index (χ4n) is 4.85. The van der Waals surface area contributed by atoms with Crippen molar-refractivity contribution in [2.75, 3.05) is 39.3 Å². The summed E-state index contributed by atoms with van der Waals surface area (Å²) in [4.78, 5) is 5.54. The van der Waals surface area contributed by atoms with Crippen molar-refractivity contribution in [1.82, 2.24) is 15.1 Å². The molecule has 1 N–H and O–H groups in total. The van der Waals surface area contributed by atoms with Gasteiger partial charge in [0, 0.05) is 18.6 Å². The molecule has 3 nitrogen and oxygen atoms in total. The molecule has 0 spiro atoms. The van der Waals surface area contributed by atoms with Gasteiger partial charge in [-0.2, -0.15) is 0 Å². The summed E-state index contributed by atoms with van der Waals surface area (Å²) in [6.07, 6.45) is 11.4. The van der Waals surface area contributed by atoms with E-state index in [1.54, 1.807) is 0 Å².